The van der Waals surface area contributed by atoms with Gasteiger partial charge in [0.1, 0.15) is 5.75 Å². The van der Waals surface area contributed by atoms with Gasteiger partial charge in [-0.2, -0.15) is 9.97 Å². The van der Waals surface area contributed by atoms with Crippen molar-refractivity contribution in [3.8, 4) is 5.75 Å². The molecule has 0 spiro atoms. The standard InChI is InChI=1S/C22H17N5OS/c1-28-17-12-13-18-19(14-17)29-22-26-20(23-15-8-4-2-5-9-15)25-21(27(18)22)24-16-10-6-3-7-11-16/h2-14H,1H3,(H,23,24,25). The Morgan fingerprint density at radius 2 is 1.69 bits per heavy atom. The van der Waals surface area contributed by atoms with E-state index in [0.717, 1.165) is 32.3 Å². The molecule has 0 atom stereocenters. The van der Waals surface area contributed by atoms with E-state index in [1.807, 2.05) is 83.3 Å². The Balaban J connectivity index is 1.76. The number of hydrogen-bond acceptors (Lipinski definition) is 6. The average molecular weight is 399 g/mol. The number of fused-ring (bicyclic) bond motifs is 3. The van der Waals surface area contributed by atoms with E-state index in [4.69, 9.17) is 19.7 Å². The van der Waals surface area contributed by atoms with Crippen LogP contribution in [-0.4, -0.2) is 21.5 Å². The number of ether oxygens (including phenoxy) is 1. The summed E-state index contributed by atoms with van der Waals surface area (Å²) in [6, 6.07) is 25.6. The number of nitrogens with zero attached hydrogens (tertiary/aromatic N) is 4. The molecule has 6 nitrogen and oxygen atoms in total. The number of hydrogen-bond donors (Lipinski definition) is 1. The number of aromatic nitrogens is 3. The van der Waals surface area contributed by atoms with Crippen molar-refractivity contribution in [3.63, 3.8) is 0 Å². The monoisotopic (exact) mass is 399 g/mol. The van der Waals surface area contributed by atoms with Crippen LogP contribution < -0.4 is 15.7 Å². The van der Waals surface area contributed by atoms with Crippen LogP contribution in [0.2, 0.25) is 0 Å². The van der Waals surface area contributed by atoms with Gasteiger partial charge in [-0.3, -0.25) is 4.40 Å². The summed E-state index contributed by atoms with van der Waals surface area (Å²) in [6.07, 6.45) is 0. The maximum absolute atomic E-state index is 5.37. The second-order valence-corrected chi connectivity index (χ2v) is 7.35. The van der Waals surface area contributed by atoms with Gasteiger partial charge < -0.3 is 10.1 Å². The minimum Gasteiger partial charge on any atom is -0.497 e. The fraction of sp³-hybridized carbons (Fsp3) is 0.0455. The molecule has 29 heavy (non-hydrogen) atoms. The third kappa shape index (κ3) is 3.43. The molecule has 0 unspecified atom stereocenters. The Labute approximate surface area is 170 Å². The van der Waals surface area contributed by atoms with E-state index in [1.165, 1.54) is 0 Å². The summed E-state index contributed by atoms with van der Waals surface area (Å²) in [5.74, 6) is 1.31. The number of anilines is 2. The van der Waals surface area contributed by atoms with Crippen LogP contribution in [0.5, 0.6) is 5.75 Å². The number of rotatable bonds is 4. The first-order chi connectivity index (χ1) is 14.3. The summed E-state index contributed by atoms with van der Waals surface area (Å²) in [5.41, 5.74) is 3.31. The number of benzene rings is 3. The number of nitrogens with one attached hydrogen (secondary N) is 1. The molecule has 7 heteroatoms. The van der Waals surface area contributed by atoms with E-state index in [9.17, 15) is 0 Å². The van der Waals surface area contributed by atoms with Gasteiger partial charge in [0.15, 0.2) is 0 Å². The molecule has 5 aromatic rings. The zero-order valence-electron chi connectivity index (χ0n) is 15.6. The van der Waals surface area contributed by atoms with Crippen molar-refractivity contribution >= 4 is 43.8 Å². The molecule has 0 radical (unpaired) electrons. The van der Waals surface area contributed by atoms with E-state index in [0.29, 0.717) is 11.6 Å². The first-order valence-corrected chi connectivity index (χ1v) is 9.91. The first-order valence-electron chi connectivity index (χ1n) is 9.09. The van der Waals surface area contributed by atoms with E-state index < -0.39 is 0 Å². The van der Waals surface area contributed by atoms with Crippen molar-refractivity contribution in [1.82, 2.24) is 14.4 Å². The molecule has 0 saturated carbocycles. The molecule has 0 bridgehead atoms. The molecule has 1 N–H and O–H groups in total. The molecule has 3 aromatic carbocycles. The van der Waals surface area contributed by atoms with Gasteiger partial charge in [0.25, 0.3) is 0 Å². The van der Waals surface area contributed by atoms with Crippen LogP contribution in [0.25, 0.3) is 15.2 Å². The van der Waals surface area contributed by atoms with Gasteiger partial charge in [-0.15, -0.1) is 0 Å². The second-order valence-electron chi connectivity index (χ2n) is 6.34. The molecule has 0 saturated heterocycles. The van der Waals surface area contributed by atoms with Crippen LogP contribution in [0, 0.1) is 0 Å². The molecule has 0 aliphatic heterocycles. The lowest BCUT2D eigenvalue weighted by atomic mass is 10.3. The summed E-state index contributed by atoms with van der Waals surface area (Å²) in [7, 11) is 1.67. The Morgan fingerprint density at radius 3 is 2.45 bits per heavy atom. The van der Waals surface area contributed by atoms with Gasteiger partial charge in [0.2, 0.25) is 16.5 Å². The minimum absolute atomic E-state index is 0.504. The van der Waals surface area contributed by atoms with E-state index >= 15 is 0 Å². The highest BCUT2D eigenvalue weighted by Gasteiger charge is 2.11. The molecule has 0 amide bonds. The SMILES string of the molecule is COc1ccc2c(c1)sc1nc(Nc3ccccc3)n/c(=N\c3ccccc3)n12. The Kier molecular flexibility index (Phi) is 4.42. The van der Waals surface area contributed by atoms with Crippen LogP contribution in [0.1, 0.15) is 0 Å². The number of thiazole rings is 1. The van der Waals surface area contributed by atoms with Crippen molar-refractivity contribution in [2.24, 2.45) is 4.99 Å². The van der Waals surface area contributed by atoms with Crippen LogP contribution in [0.15, 0.2) is 83.9 Å². The summed E-state index contributed by atoms with van der Waals surface area (Å²) < 4.78 is 8.40. The fourth-order valence-corrected chi connectivity index (χ4v) is 4.10. The van der Waals surface area contributed by atoms with Crippen molar-refractivity contribution in [1.29, 1.82) is 0 Å². The Bertz CT molecular complexity index is 1360. The average Bonchev–Trinajstić information content (AvgIpc) is 3.12. The van der Waals surface area contributed by atoms with Crippen molar-refractivity contribution in [2.45, 2.75) is 0 Å². The molecular formula is C22H17N5OS. The smallest absolute Gasteiger partial charge is 0.240 e. The number of para-hydroxylation sites is 2. The van der Waals surface area contributed by atoms with Gasteiger partial charge >= 0.3 is 0 Å². The predicted octanol–water partition coefficient (Wildman–Crippen LogP) is 4.93. The molecule has 0 aliphatic carbocycles. The molecular weight excluding hydrogens is 382 g/mol. The van der Waals surface area contributed by atoms with Gasteiger partial charge in [-0.05, 0) is 42.5 Å². The second kappa shape index (κ2) is 7.37. The zero-order valence-corrected chi connectivity index (χ0v) is 16.4. The normalized spacial score (nSPS) is 11.8. The quantitative estimate of drug-likeness (QED) is 0.465. The molecule has 0 fully saturated rings. The van der Waals surface area contributed by atoms with Gasteiger partial charge in [-0.1, -0.05) is 47.7 Å². The third-order valence-corrected chi connectivity index (χ3v) is 5.43. The summed E-state index contributed by atoms with van der Waals surface area (Å²) >= 11 is 1.57. The van der Waals surface area contributed by atoms with Gasteiger partial charge in [-0.25, -0.2) is 4.99 Å². The molecule has 142 valence electrons. The third-order valence-electron chi connectivity index (χ3n) is 4.42. The van der Waals surface area contributed by atoms with Crippen molar-refractivity contribution in [2.75, 3.05) is 12.4 Å². The highest BCUT2D eigenvalue weighted by atomic mass is 32.1. The maximum atomic E-state index is 5.37. The van der Waals surface area contributed by atoms with Crippen LogP contribution >= 0.6 is 11.3 Å². The van der Waals surface area contributed by atoms with E-state index in [2.05, 4.69) is 5.32 Å². The summed E-state index contributed by atoms with van der Waals surface area (Å²) in [5, 5.41) is 3.28. The van der Waals surface area contributed by atoms with Crippen molar-refractivity contribution in [3.05, 3.63) is 84.5 Å². The number of methoxy groups -OCH3 is 1. The lowest BCUT2D eigenvalue weighted by Crippen LogP contribution is -2.20. The van der Waals surface area contributed by atoms with Crippen molar-refractivity contribution < 1.29 is 4.74 Å². The lowest BCUT2D eigenvalue weighted by molar-refractivity contribution is 0.415. The summed E-state index contributed by atoms with van der Waals surface area (Å²) in [4.78, 5) is 15.0. The van der Waals surface area contributed by atoms with E-state index in [1.54, 1.807) is 18.4 Å². The predicted molar refractivity (Wildman–Crippen MR) is 116 cm³/mol. The Hall–Kier alpha value is -3.71. The maximum Gasteiger partial charge on any atom is 0.240 e. The molecule has 2 aromatic heterocycles. The van der Waals surface area contributed by atoms with Crippen LogP contribution in [-0.2, 0) is 0 Å². The largest absolute Gasteiger partial charge is 0.497 e. The summed E-state index contributed by atoms with van der Waals surface area (Å²) in [6.45, 7) is 0. The van der Waals surface area contributed by atoms with Crippen LogP contribution in [0.4, 0.5) is 17.3 Å². The first kappa shape index (κ1) is 17.4. The highest BCUT2D eigenvalue weighted by Crippen LogP contribution is 2.28. The van der Waals surface area contributed by atoms with E-state index in [-0.39, 0.29) is 0 Å². The Morgan fingerprint density at radius 1 is 0.931 bits per heavy atom. The topological polar surface area (TPSA) is 63.8 Å². The minimum atomic E-state index is 0.504. The van der Waals surface area contributed by atoms with Gasteiger partial charge in [0.05, 0.1) is 23.0 Å². The highest BCUT2D eigenvalue weighted by molar-refractivity contribution is 7.23. The fourth-order valence-electron chi connectivity index (χ4n) is 3.06. The lowest BCUT2D eigenvalue weighted by Gasteiger charge is -2.05. The molecule has 5 rings (SSSR count). The van der Waals surface area contributed by atoms with Gasteiger partial charge in [0, 0.05) is 5.69 Å². The molecule has 0 aliphatic rings. The molecule has 2 heterocycles. The zero-order chi connectivity index (χ0) is 19.6. The van der Waals surface area contributed by atoms with Crippen LogP contribution in [0.3, 0.4) is 0 Å².